The summed E-state index contributed by atoms with van der Waals surface area (Å²) in [6.45, 7) is 0. The van der Waals surface area contributed by atoms with E-state index in [9.17, 15) is 9.18 Å². The number of carbonyl (C=O) groups excluding carboxylic acids is 1. The summed E-state index contributed by atoms with van der Waals surface area (Å²) in [6, 6.07) is 4.15. The lowest BCUT2D eigenvalue weighted by Crippen LogP contribution is -2.14. The molecule has 96 valence electrons. The topological polar surface area (TPSA) is 55.1 Å². The number of nitrogen functional groups attached to an aromatic ring is 1. The molecule has 1 aliphatic rings. The van der Waals surface area contributed by atoms with E-state index >= 15 is 0 Å². The van der Waals surface area contributed by atoms with Crippen LogP contribution in [-0.4, -0.2) is 5.91 Å². The molecule has 4 heteroatoms. The second-order valence-corrected chi connectivity index (χ2v) is 4.57. The van der Waals surface area contributed by atoms with Gasteiger partial charge in [0.2, 0.25) is 5.91 Å². The number of hydrogen-bond acceptors (Lipinski definition) is 2. The van der Waals surface area contributed by atoms with Gasteiger partial charge in [-0.2, -0.15) is 0 Å². The van der Waals surface area contributed by atoms with Crippen molar-refractivity contribution in [3.63, 3.8) is 0 Å². The summed E-state index contributed by atoms with van der Waals surface area (Å²) in [6.07, 6.45) is 6.77. The quantitative estimate of drug-likeness (QED) is 0.637. The van der Waals surface area contributed by atoms with Gasteiger partial charge in [0.15, 0.2) is 0 Å². The van der Waals surface area contributed by atoms with Crippen molar-refractivity contribution in [2.75, 3.05) is 11.1 Å². The fourth-order valence-electron chi connectivity index (χ4n) is 2.10. The average molecular weight is 248 g/mol. The molecule has 1 aliphatic carbocycles. The molecular formula is C14H17FN2O. The SMILES string of the molecule is Nc1ccc(F)c(NC(=O)CC2=CCCCC2)c1. The van der Waals surface area contributed by atoms with Gasteiger partial charge in [-0.1, -0.05) is 11.6 Å². The fraction of sp³-hybridized carbons (Fsp3) is 0.357. The third-order valence-corrected chi connectivity index (χ3v) is 3.04. The van der Waals surface area contributed by atoms with Crippen LogP contribution in [0, 0.1) is 5.82 Å². The van der Waals surface area contributed by atoms with E-state index in [0.29, 0.717) is 12.1 Å². The third-order valence-electron chi connectivity index (χ3n) is 3.04. The molecule has 0 heterocycles. The highest BCUT2D eigenvalue weighted by Gasteiger charge is 2.11. The summed E-state index contributed by atoms with van der Waals surface area (Å²) < 4.78 is 13.4. The number of anilines is 2. The Balaban J connectivity index is 1.98. The van der Waals surface area contributed by atoms with E-state index in [1.165, 1.54) is 24.6 Å². The highest BCUT2D eigenvalue weighted by atomic mass is 19.1. The third kappa shape index (κ3) is 3.32. The molecule has 3 nitrogen and oxygen atoms in total. The monoisotopic (exact) mass is 248 g/mol. The van der Waals surface area contributed by atoms with Crippen molar-refractivity contribution in [2.45, 2.75) is 32.1 Å². The van der Waals surface area contributed by atoms with Crippen molar-refractivity contribution in [1.29, 1.82) is 0 Å². The number of nitrogens with one attached hydrogen (secondary N) is 1. The fourth-order valence-corrected chi connectivity index (χ4v) is 2.10. The molecule has 0 aliphatic heterocycles. The van der Waals surface area contributed by atoms with Gasteiger partial charge in [0.25, 0.3) is 0 Å². The number of nitrogens with two attached hydrogens (primary N) is 1. The number of rotatable bonds is 3. The molecule has 1 aromatic carbocycles. The highest BCUT2D eigenvalue weighted by Crippen LogP contribution is 2.22. The van der Waals surface area contributed by atoms with Crippen LogP contribution in [0.15, 0.2) is 29.8 Å². The van der Waals surface area contributed by atoms with Gasteiger partial charge in [-0.25, -0.2) is 4.39 Å². The van der Waals surface area contributed by atoms with Gasteiger partial charge in [0.05, 0.1) is 5.69 Å². The number of allylic oxidation sites excluding steroid dienone is 1. The van der Waals surface area contributed by atoms with Crippen molar-refractivity contribution in [3.8, 4) is 0 Å². The van der Waals surface area contributed by atoms with Crippen molar-refractivity contribution in [3.05, 3.63) is 35.7 Å². The lowest BCUT2D eigenvalue weighted by Gasteiger charge is -2.13. The Labute approximate surface area is 106 Å². The Bertz CT molecular complexity index is 483. The molecule has 1 amide bonds. The molecule has 0 atom stereocenters. The van der Waals surface area contributed by atoms with E-state index in [1.54, 1.807) is 0 Å². The summed E-state index contributed by atoms with van der Waals surface area (Å²) >= 11 is 0. The minimum absolute atomic E-state index is 0.149. The molecule has 0 bridgehead atoms. The normalized spacial score (nSPS) is 15.1. The van der Waals surface area contributed by atoms with Crippen LogP contribution in [-0.2, 0) is 4.79 Å². The summed E-state index contributed by atoms with van der Waals surface area (Å²) in [5, 5.41) is 2.56. The summed E-state index contributed by atoms with van der Waals surface area (Å²) in [5.74, 6) is -0.650. The highest BCUT2D eigenvalue weighted by molar-refractivity contribution is 5.92. The van der Waals surface area contributed by atoms with Gasteiger partial charge in [-0.3, -0.25) is 4.79 Å². The zero-order valence-electron chi connectivity index (χ0n) is 10.2. The van der Waals surface area contributed by atoms with Crippen molar-refractivity contribution in [1.82, 2.24) is 0 Å². The zero-order valence-corrected chi connectivity index (χ0v) is 10.2. The molecule has 0 saturated carbocycles. The van der Waals surface area contributed by atoms with Gasteiger partial charge in [0.1, 0.15) is 5.82 Å². The molecular weight excluding hydrogens is 231 g/mol. The van der Waals surface area contributed by atoms with Crippen LogP contribution in [0.5, 0.6) is 0 Å². The number of amides is 1. The smallest absolute Gasteiger partial charge is 0.228 e. The van der Waals surface area contributed by atoms with E-state index in [-0.39, 0.29) is 11.6 Å². The van der Waals surface area contributed by atoms with Crippen molar-refractivity contribution < 1.29 is 9.18 Å². The van der Waals surface area contributed by atoms with Gasteiger partial charge in [0, 0.05) is 12.1 Å². The zero-order chi connectivity index (χ0) is 13.0. The van der Waals surface area contributed by atoms with Gasteiger partial charge < -0.3 is 11.1 Å². The van der Waals surface area contributed by atoms with E-state index < -0.39 is 5.82 Å². The lowest BCUT2D eigenvalue weighted by molar-refractivity contribution is -0.115. The Morgan fingerprint density at radius 3 is 2.94 bits per heavy atom. The van der Waals surface area contributed by atoms with E-state index in [4.69, 9.17) is 5.73 Å². The number of benzene rings is 1. The Morgan fingerprint density at radius 2 is 2.22 bits per heavy atom. The van der Waals surface area contributed by atoms with Crippen molar-refractivity contribution in [2.24, 2.45) is 0 Å². The van der Waals surface area contributed by atoms with Crippen LogP contribution in [0.2, 0.25) is 0 Å². The molecule has 1 aromatic rings. The van der Waals surface area contributed by atoms with E-state index in [0.717, 1.165) is 24.8 Å². The van der Waals surface area contributed by atoms with Crippen LogP contribution in [0.4, 0.5) is 15.8 Å². The average Bonchev–Trinajstić information content (AvgIpc) is 2.35. The van der Waals surface area contributed by atoms with Gasteiger partial charge in [-0.15, -0.1) is 0 Å². The van der Waals surface area contributed by atoms with E-state index in [2.05, 4.69) is 11.4 Å². The Kier molecular flexibility index (Phi) is 3.97. The molecule has 3 N–H and O–H groups in total. The van der Waals surface area contributed by atoms with Crippen LogP contribution < -0.4 is 11.1 Å². The Morgan fingerprint density at radius 1 is 1.39 bits per heavy atom. The summed E-state index contributed by atoms with van der Waals surface area (Å²) in [7, 11) is 0. The maximum absolute atomic E-state index is 13.4. The predicted molar refractivity (Wildman–Crippen MR) is 70.6 cm³/mol. The van der Waals surface area contributed by atoms with Crippen LogP contribution in [0.3, 0.4) is 0 Å². The standard InChI is InChI=1S/C14H17FN2O/c15-12-7-6-11(16)9-13(12)17-14(18)8-10-4-2-1-3-5-10/h4,6-7,9H,1-3,5,8,16H2,(H,17,18). The maximum Gasteiger partial charge on any atom is 0.228 e. The molecule has 0 saturated heterocycles. The predicted octanol–water partition coefficient (Wildman–Crippen LogP) is 3.24. The van der Waals surface area contributed by atoms with Crippen LogP contribution in [0.25, 0.3) is 0 Å². The maximum atomic E-state index is 13.4. The molecule has 0 radical (unpaired) electrons. The minimum atomic E-state index is -0.463. The molecule has 0 unspecified atom stereocenters. The molecule has 0 spiro atoms. The first-order chi connectivity index (χ1) is 8.65. The number of carbonyl (C=O) groups is 1. The van der Waals surface area contributed by atoms with Gasteiger partial charge in [-0.05, 0) is 43.9 Å². The number of halogens is 1. The molecule has 18 heavy (non-hydrogen) atoms. The first kappa shape index (κ1) is 12.6. The second-order valence-electron chi connectivity index (χ2n) is 4.57. The molecule has 0 aromatic heterocycles. The van der Waals surface area contributed by atoms with Crippen LogP contribution >= 0.6 is 0 Å². The van der Waals surface area contributed by atoms with Crippen molar-refractivity contribution >= 4 is 17.3 Å². The van der Waals surface area contributed by atoms with Crippen LogP contribution in [0.1, 0.15) is 32.1 Å². The number of hydrogen-bond donors (Lipinski definition) is 2. The first-order valence-corrected chi connectivity index (χ1v) is 6.18. The largest absolute Gasteiger partial charge is 0.399 e. The first-order valence-electron chi connectivity index (χ1n) is 6.18. The molecule has 2 rings (SSSR count). The minimum Gasteiger partial charge on any atom is -0.399 e. The second kappa shape index (κ2) is 5.67. The summed E-state index contributed by atoms with van der Waals surface area (Å²) in [4.78, 5) is 11.8. The Hall–Kier alpha value is -1.84. The van der Waals surface area contributed by atoms with Gasteiger partial charge >= 0.3 is 0 Å². The molecule has 0 fully saturated rings. The lowest BCUT2D eigenvalue weighted by atomic mass is 9.97. The van der Waals surface area contributed by atoms with E-state index in [1.807, 2.05) is 0 Å². The summed E-state index contributed by atoms with van der Waals surface area (Å²) in [5.41, 5.74) is 7.28.